The number of nitrogens with one attached hydrogen (secondary N) is 1. The second kappa shape index (κ2) is 8.91. The maximum absolute atomic E-state index is 12.8. The van der Waals surface area contributed by atoms with Crippen LogP contribution < -0.4 is 15.2 Å². The van der Waals surface area contributed by atoms with Crippen LogP contribution >= 0.6 is 0 Å². The monoisotopic (exact) mass is 385 g/mol. The zero-order chi connectivity index (χ0) is 20.1. The fourth-order valence-electron chi connectivity index (χ4n) is 3.40. The molecule has 1 aromatic heterocycles. The number of benzene rings is 1. The zero-order valence-electron chi connectivity index (χ0n) is 16.6. The third-order valence-electron chi connectivity index (χ3n) is 4.74. The van der Waals surface area contributed by atoms with E-state index in [-0.39, 0.29) is 17.7 Å². The second-order valence-corrected chi connectivity index (χ2v) is 7.46. The average Bonchev–Trinajstić information content (AvgIpc) is 2.67. The highest BCUT2D eigenvalue weighted by atomic mass is 16.5. The molecule has 7 nitrogen and oxygen atoms in total. The lowest BCUT2D eigenvalue weighted by Crippen LogP contribution is -2.42. The number of hydrogen-bond donors (Lipinski definition) is 1. The van der Waals surface area contributed by atoms with E-state index >= 15 is 0 Å². The summed E-state index contributed by atoms with van der Waals surface area (Å²) >= 11 is 0. The minimum atomic E-state index is -0.476. The molecule has 1 fully saturated rings. The Morgan fingerprint density at radius 1 is 1.25 bits per heavy atom. The number of H-pyrrole nitrogens is 1. The van der Waals surface area contributed by atoms with Crippen molar-refractivity contribution in [3.05, 3.63) is 52.2 Å². The van der Waals surface area contributed by atoms with E-state index in [0.717, 1.165) is 5.69 Å². The van der Waals surface area contributed by atoms with Gasteiger partial charge in [-0.2, -0.15) is 4.98 Å². The van der Waals surface area contributed by atoms with Crippen LogP contribution in [0.15, 0.2) is 35.1 Å². The third-order valence-corrected chi connectivity index (χ3v) is 4.74. The Morgan fingerprint density at radius 2 is 1.93 bits per heavy atom. The van der Waals surface area contributed by atoms with Crippen molar-refractivity contribution in [1.29, 1.82) is 0 Å². The average molecular weight is 385 g/mol. The highest BCUT2D eigenvalue weighted by Crippen LogP contribution is 2.29. The first-order chi connectivity index (χ1) is 13.5. The molecule has 1 aliphatic heterocycles. The van der Waals surface area contributed by atoms with Gasteiger partial charge < -0.3 is 19.4 Å². The molecule has 0 saturated carbocycles. The topological polar surface area (TPSA) is 84.5 Å². The number of carbonyl (C=O) groups excluding carboxylic acids is 1. The molecule has 2 heterocycles. The third kappa shape index (κ3) is 4.91. The normalized spacial score (nSPS) is 14.9. The van der Waals surface area contributed by atoms with Gasteiger partial charge in [0, 0.05) is 31.6 Å². The van der Waals surface area contributed by atoms with E-state index in [0.29, 0.717) is 49.8 Å². The molecule has 3 rings (SSSR count). The molecule has 1 aromatic carbocycles. The number of rotatable bonds is 6. The van der Waals surface area contributed by atoms with Gasteiger partial charge in [0.25, 0.3) is 5.91 Å². The van der Waals surface area contributed by atoms with E-state index in [1.807, 2.05) is 24.3 Å². The number of likely N-dealkylation sites (tertiary alicyclic amines) is 1. The maximum atomic E-state index is 12.8. The quantitative estimate of drug-likeness (QED) is 0.826. The predicted octanol–water partition coefficient (Wildman–Crippen LogP) is 2.66. The molecular weight excluding hydrogens is 358 g/mol. The maximum Gasteiger partial charge on any atom is 0.345 e. The van der Waals surface area contributed by atoms with Gasteiger partial charge in [0.05, 0.1) is 7.11 Å². The molecule has 0 radical (unpaired) electrons. The molecule has 0 spiro atoms. The van der Waals surface area contributed by atoms with Gasteiger partial charge in [-0.15, -0.1) is 0 Å². The van der Waals surface area contributed by atoms with Crippen LogP contribution in [0.3, 0.4) is 0 Å². The van der Waals surface area contributed by atoms with E-state index in [1.54, 1.807) is 18.1 Å². The van der Waals surface area contributed by atoms with Gasteiger partial charge in [0.2, 0.25) is 0 Å². The molecular formula is C21H27N3O4. The molecule has 150 valence electrons. The summed E-state index contributed by atoms with van der Waals surface area (Å²) in [6.07, 6.45) is 2.15. The smallest absolute Gasteiger partial charge is 0.345 e. The highest BCUT2D eigenvalue weighted by Gasteiger charge is 2.26. The Labute approximate surface area is 164 Å². The predicted molar refractivity (Wildman–Crippen MR) is 106 cm³/mol. The second-order valence-electron chi connectivity index (χ2n) is 7.46. The molecule has 1 amide bonds. The number of aromatic amines is 1. The number of hydrogen-bond acceptors (Lipinski definition) is 5. The number of nitrogens with zero attached hydrogens (tertiary/aromatic N) is 2. The molecule has 28 heavy (non-hydrogen) atoms. The van der Waals surface area contributed by atoms with Crippen LogP contribution in [0.2, 0.25) is 0 Å². The number of piperidine rings is 1. The standard InChI is InChI=1S/C21H27N3O4/c1-14(2)12-15-13-17(23-21(26)22-15)20(25)24-10-8-16(9-11-24)28-19-7-5-4-6-18(19)27-3/h4-7,13-14,16H,8-12H2,1-3H3,(H,22,23,26). The van der Waals surface area contributed by atoms with Crippen molar-refractivity contribution in [2.45, 2.75) is 39.2 Å². The van der Waals surface area contributed by atoms with E-state index in [4.69, 9.17) is 9.47 Å². The van der Waals surface area contributed by atoms with Crippen LogP contribution in [0.4, 0.5) is 0 Å². The number of carbonyl (C=O) groups is 1. The zero-order valence-corrected chi connectivity index (χ0v) is 16.6. The fourth-order valence-corrected chi connectivity index (χ4v) is 3.40. The van der Waals surface area contributed by atoms with Crippen molar-refractivity contribution in [2.75, 3.05) is 20.2 Å². The highest BCUT2D eigenvalue weighted by molar-refractivity contribution is 5.92. The first kappa shape index (κ1) is 19.9. The van der Waals surface area contributed by atoms with E-state index in [1.165, 1.54) is 0 Å². The van der Waals surface area contributed by atoms with Crippen molar-refractivity contribution in [3.8, 4) is 11.5 Å². The van der Waals surface area contributed by atoms with Gasteiger partial charge in [-0.05, 0) is 30.5 Å². The molecule has 7 heteroatoms. The summed E-state index contributed by atoms with van der Waals surface area (Å²) in [5.74, 6) is 1.59. The molecule has 1 saturated heterocycles. The first-order valence-corrected chi connectivity index (χ1v) is 9.65. The minimum absolute atomic E-state index is 0.0176. The van der Waals surface area contributed by atoms with Gasteiger partial charge in [-0.25, -0.2) is 4.79 Å². The summed E-state index contributed by atoms with van der Waals surface area (Å²) in [5.41, 5.74) is 0.479. The molecule has 0 unspecified atom stereocenters. The molecule has 1 N–H and O–H groups in total. The van der Waals surface area contributed by atoms with Crippen LogP contribution in [-0.2, 0) is 6.42 Å². The van der Waals surface area contributed by atoms with Crippen LogP contribution in [-0.4, -0.2) is 47.1 Å². The van der Waals surface area contributed by atoms with Gasteiger partial charge >= 0.3 is 5.69 Å². The molecule has 1 aliphatic rings. The first-order valence-electron chi connectivity index (χ1n) is 9.65. The van der Waals surface area contributed by atoms with Crippen molar-refractivity contribution in [1.82, 2.24) is 14.9 Å². The summed E-state index contributed by atoms with van der Waals surface area (Å²) < 4.78 is 11.4. The van der Waals surface area contributed by atoms with Gasteiger partial charge in [0.15, 0.2) is 11.5 Å². The summed E-state index contributed by atoms with van der Waals surface area (Å²) in [7, 11) is 1.62. The van der Waals surface area contributed by atoms with E-state index in [9.17, 15) is 9.59 Å². The van der Waals surface area contributed by atoms with Crippen molar-refractivity contribution in [2.24, 2.45) is 5.92 Å². The van der Waals surface area contributed by atoms with Gasteiger partial charge in [-0.1, -0.05) is 26.0 Å². The van der Waals surface area contributed by atoms with Gasteiger partial charge in [0.1, 0.15) is 11.8 Å². The Morgan fingerprint density at radius 3 is 2.57 bits per heavy atom. The van der Waals surface area contributed by atoms with Crippen molar-refractivity contribution >= 4 is 5.91 Å². The Hall–Kier alpha value is -2.83. The lowest BCUT2D eigenvalue weighted by atomic mass is 10.1. The van der Waals surface area contributed by atoms with E-state index < -0.39 is 5.69 Å². The number of aromatic nitrogens is 2. The molecule has 0 bridgehead atoms. The summed E-state index contributed by atoms with van der Waals surface area (Å²) in [5, 5.41) is 0. The number of amides is 1. The fraction of sp³-hybridized carbons (Fsp3) is 0.476. The summed E-state index contributed by atoms with van der Waals surface area (Å²) in [6.45, 7) is 5.25. The molecule has 0 aliphatic carbocycles. The summed E-state index contributed by atoms with van der Waals surface area (Å²) in [4.78, 5) is 33.0. The van der Waals surface area contributed by atoms with Gasteiger partial charge in [-0.3, -0.25) is 4.79 Å². The number of ether oxygens (including phenoxy) is 2. The Bertz CT molecular complexity index is 870. The molecule has 0 atom stereocenters. The van der Waals surface area contributed by atoms with Crippen LogP contribution in [0.1, 0.15) is 42.9 Å². The Kier molecular flexibility index (Phi) is 6.34. The summed E-state index contributed by atoms with van der Waals surface area (Å²) in [6, 6.07) is 9.24. The van der Waals surface area contributed by atoms with Crippen molar-refractivity contribution in [3.63, 3.8) is 0 Å². The van der Waals surface area contributed by atoms with Crippen molar-refractivity contribution < 1.29 is 14.3 Å². The Balaban J connectivity index is 1.62. The van der Waals surface area contributed by atoms with Crippen LogP contribution in [0.25, 0.3) is 0 Å². The van der Waals surface area contributed by atoms with Crippen LogP contribution in [0.5, 0.6) is 11.5 Å². The number of para-hydroxylation sites is 2. The SMILES string of the molecule is COc1ccccc1OC1CCN(C(=O)c2cc(CC(C)C)[nH]c(=O)n2)CC1. The number of methoxy groups -OCH3 is 1. The largest absolute Gasteiger partial charge is 0.493 e. The lowest BCUT2D eigenvalue weighted by molar-refractivity contribution is 0.0584. The van der Waals surface area contributed by atoms with E-state index in [2.05, 4.69) is 23.8 Å². The molecule has 2 aromatic rings. The minimum Gasteiger partial charge on any atom is -0.493 e. The lowest BCUT2D eigenvalue weighted by Gasteiger charge is -2.32. The van der Waals surface area contributed by atoms with Crippen LogP contribution in [0, 0.1) is 5.92 Å².